The average molecular weight is 462 g/mol. The molecule has 1 aromatic heterocycles. The number of hydrogen-bond donors (Lipinski definition) is 6. The molecule has 1 fully saturated rings. The summed E-state index contributed by atoms with van der Waals surface area (Å²) in [5.74, 6) is -0.901. The molecule has 33 heavy (non-hydrogen) atoms. The molecule has 0 saturated carbocycles. The van der Waals surface area contributed by atoms with Crippen LogP contribution in [0.3, 0.4) is 0 Å². The SMILES string of the molecule is COc1cc2oc(-c3ccc(O)cc3)cc(=O)c2c(O)c1OC1O[C@H](CO)[C@H](O)C(O)[C@H]1O. The summed E-state index contributed by atoms with van der Waals surface area (Å²) in [4.78, 5) is 12.8. The van der Waals surface area contributed by atoms with Crippen molar-refractivity contribution in [2.75, 3.05) is 13.7 Å². The van der Waals surface area contributed by atoms with E-state index in [-0.39, 0.29) is 34.0 Å². The highest BCUT2D eigenvalue weighted by molar-refractivity contribution is 5.89. The molecule has 1 aliphatic heterocycles. The molecule has 1 saturated heterocycles. The Balaban J connectivity index is 1.77. The zero-order valence-electron chi connectivity index (χ0n) is 17.3. The molecule has 0 amide bonds. The Labute approximate surface area is 186 Å². The summed E-state index contributed by atoms with van der Waals surface area (Å²) in [6.45, 7) is -0.671. The van der Waals surface area contributed by atoms with E-state index in [2.05, 4.69) is 0 Å². The Hall–Kier alpha value is -3.35. The van der Waals surface area contributed by atoms with E-state index < -0.39 is 48.5 Å². The van der Waals surface area contributed by atoms with Gasteiger partial charge in [-0.3, -0.25) is 4.79 Å². The van der Waals surface area contributed by atoms with Gasteiger partial charge in [-0.15, -0.1) is 0 Å². The molecule has 0 aliphatic carbocycles. The van der Waals surface area contributed by atoms with Gasteiger partial charge < -0.3 is 49.3 Å². The zero-order chi connectivity index (χ0) is 23.9. The van der Waals surface area contributed by atoms with Crippen LogP contribution in [0.1, 0.15) is 0 Å². The topological polar surface area (TPSA) is 179 Å². The molecule has 6 N–H and O–H groups in total. The van der Waals surface area contributed by atoms with Crippen LogP contribution < -0.4 is 14.9 Å². The fraction of sp³-hybridized carbons (Fsp3) is 0.318. The Bertz CT molecular complexity index is 1200. The van der Waals surface area contributed by atoms with Gasteiger partial charge in [0.1, 0.15) is 46.9 Å². The van der Waals surface area contributed by atoms with Crippen LogP contribution in [0.15, 0.2) is 45.6 Å². The molecule has 2 aromatic carbocycles. The summed E-state index contributed by atoms with van der Waals surface area (Å²) in [5, 5.41) is 59.5. The second-order valence-electron chi connectivity index (χ2n) is 7.47. The summed E-state index contributed by atoms with van der Waals surface area (Å²) < 4.78 is 21.8. The van der Waals surface area contributed by atoms with Gasteiger partial charge in [0.15, 0.2) is 16.9 Å². The van der Waals surface area contributed by atoms with E-state index in [0.717, 1.165) is 6.07 Å². The summed E-state index contributed by atoms with van der Waals surface area (Å²) in [7, 11) is 1.27. The molecule has 11 heteroatoms. The largest absolute Gasteiger partial charge is 0.508 e. The van der Waals surface area contributed by atoms with E-state index in [0.29, 0.717) is 5.56 Å². The summed E-state index contributed by atoms with van der Waals surface area (Å²) in [5.41, 5.74) is -0.133. The molecule has 0 radical (unpaired) electrons. The minimum atomic E-state index is -1.74. The molecule has 1 aliphatic rings. The van der Waals surface area contributed by atoms with Crippen molar-refractivity contribution in [1.82, 2.24) is 0 Å². The normalized spacial score (nSPS) is 25.2. The van der Waals surface area contributed by atoms with Crippen molar-refractivity contribution in [2.45, 2.75) is 30.7 Å². The number of methoxy groups -OCH3 is 1. The van der Waals surface area contributed by atoms with Crippen LogP contribution in [0, 0.1) is 0 Å². The van der Waals surface area contributed by atoms with Gasteiger partial charge in [0.05, 0.1) is 13.7 Å². The highest BCUT2D eigenvalue weighted by Gasteiger charge is 2.45. The molecule has 0 bridgehead atoms. The van der Waals surface area contributed by atoms with Gasteiger partial charge in [-0.05, 0) is 24.3 Å². The van der Waals surface area contributed by atoms with E-state index in [1.165, 1.54) is 25.3 Å². The molecular formula is C22H22O11. The van der Waals surface area contributed by atoms with Gasteiger partial charge in [0.2, 0.25) is 12.0 Å². The van der Waals surface area contributed by atoms with Gasteiger partial charge >= 0.3 is 0 Å². The number of benzene rings is 2. The van der Waals surface area contributed by atoms with Crippen LogP contribution in [0.5, 0.6) is 23.0 Å². The van der Waals surface area contributed by atoms with Crippen molar-refractivity contribution in [3.05, 3.63) is 46.6 Å². The highest BCUT2D eigenvalue weighted by atomic mass is 16.7. The third-order valence-corrected chi connectivity index (χ3v) is 5.37. The first-order valence-electron chi connectivity index (χ1n) is 9.89. The minimum absolute atomic E-state index is 0.0268. The van der Waals surface area contributed by atoms with Crippen LogP contribution in [0.25, 0.3) is 22.3 Å². The number of phenolic OH excluding ortho intramolecular Hbond substituents is 2. The molecule has 3 aromatic rings. The quantitative estimate of drug-likeness (QED) is 0.302. The van der Waals surface area contributed by atoms with Gasteiger partial charge in [-0.25, -0.2) is 0 Å². The average Bonchev–Trinajstić information content (AvgIpc) is 2.80. The molecule has 11 nitrogen and oxygen atoms in total. The van der Waals surface area contributed by atoms with Gasteiger partial charge in [0, 0.05) is 17.7 Å². The first-order valence-corrected chi connectivity index (χ1v) is 9.89. The monoisotopic (exact) mass is 462 g/mol. The zero-order valence-corrected chi connectivity index (χ0v) is 17.3. The van der Waals surface area contributed by atoms with Crippen LogP contribution in [0.4, 0.5) is 0 Å². The van der Waals surface area contributed by atoms with Gasteiger partial charge in [-0.2, -0.15) is 0 Å². The summed E-state index contributed by atoms with van der Waals surface area (Å²) in [6.07, 6.45) is -7.88. The minimum Gasteiger partial charge on any atom is -0.508 e. The Morgan fingerprint density at radius 2 is 1.70 bits per heavy atom. The van der Waals surface area contributed by atoms with E-state index in [1.54, 1.807) is 12.1 Å². The molecule has 176 valence electrons. The van der Waals surface area contributed by atoms with Crippen LogP contribution in [-0.4, -0.2) is 75.1 Å². The third kappa shape index (κ3) is 4.08. The number of aromatic hydroxyl groups is 2. The second kappa shape index (κ2) is 8.89. The van der Waals surface area contributed by atoms with E-state index in [9.17, 15) is 35.4 Å². The predicted octanol–water partition coefficient (Wildman–Crippen LogP) is 0.0585. The first kappa shape index (κ1) is 22.8. The van der Waals surface area contributed by atoms with Crippen molar-refractivity contribution in [2.24, 2.45) is 0 Å². The Morgan fingerprint density at radius 1 is 1.00 bits per heavy atom. The van der Waals surface area contributed by atoms with Gasteiger partial charge in [-0.1, -0.05) is 0 Å². The van der Waals surface area contributed by atoms with Crippen molar-refractivity contribution in [3.63, 3.8) is 0 Å². The number of fused-ring (bicyclic) bond motifs is 1. The van der Waals surface area contributed by atoms with Gasteiger partial charge in [0.25, 0.3) is 0 Å². The van der Waals surface area contributed by atoms with Crippen LogP contribution >= 0.6 is 0 Å². The Kier molecular flexibility index (Phi) is 6.15. The Morgan fingerprint density at radius 3 is 2.33 bits per heavy atom. The van der Waals surface area contributed by atoms with Crippen LogP contribution in [-0.2, 0) is 4.74 Å². The van der Waals surface area contributed by atoms with Crippen molar-refractivity contribution in [3.8, 4) is 34.3 Å². The first-order chi connectivity index (χ1) is 15.7. The van der Waals surface area contributed by atoms with E-state index in [4.69, 9.17) is 18.6 Å². The lowest BCUT2D eigenvalue weighted by Crippen LogP contribution is -2.60. The number of hydrogen-bond acceptors (Lipinski definition) is 11. The van der Waals surface area contributed by atoms with E-state index >= 15 is 0 Å². The smallest absolute Gasteiger partial charge is 0.229 e. The summed E-state index contributed by atoms with van der Waals surface area (Å²) >= 11 is 0. The lowest BCUT2D eigenvalue weighted by molar-refractivity contribution is -0.277. The van der Waals surface area contributed by atoms with E-state index in [1.807, 2.05) is 0 Å². The number of aliphatic hydroxyl groups excluding tert-OH is 4. The molecule has 4 rings (SSSR count). The highest BCUT2D eigenvalue weighted by Crippen LogP contribution is 2.43. The molecule has 0 spiro atoms. The standard InChI is InChI=1S/C22H22O11/c1-30-14-7-13-16(11(25)6-12(31-13)9-2-4-10(24)5-3-9)18(27)21(14)33-22-20(29)19(28)17(26)15(8-23)32-22/h2-7,15,17,19-20,22-24,26-29H,8H2,1H3/t15-,17+,19?,20-,22?/m1/s1. The molecule has 2 unspecified atom stereocenters. The maximum atomic E-state index is 12.8. The van der Waals surface area contributed by atoms with Crippen LogP contribution in [0.2, 0.25) is 0 Å². The number of rotatable bonds is 5. The second-order valence-corrected chi connectivity index (χ2v) is 7.47. The maximum Gasteiger partial charge on any atom is 0.229 e. The maximum absolute atomic E-state index is 12.8. The van der Waals surface area contributed by atoms with Crippen molar-refractivity contribution >= 4 is 11.0 Å². The van der Waals surface area contributed by atoms with Crippen molar-refractivity contribution in [1.29, 1.82) is 0 Å². The lowest BCUT2D eigenvalue weighted by Gasteiger charge is -2.39. The summed E-state index contributed by atoms with van der Waals surface area (Å²) in [6, 6.07) is 8.39. The fourth-order valence-corrected chi connectivity index (χ4v) is 3.58. The molecule has 2 heterocycles. The lowest BCUT2D eigenvalue weighted by atomic mass is 9.99. The molecular weight excluding hydrogens is 440 g/mol. The third-order valence-electron chi connectivity index (χ3n) is 5.37. The fourth-order valence-electron chi connectivity index (χ4n) is 3.58. The number of aliphatic hydroxyl groups is 4. The predicted molar refractivity (Wildman–Crippen MR) is 112 cm³/mol. The number of ether oxygens (including phenoxy) is 3. The molecule has 5 atom stereocenters. The van der Waals surface area contributed by atoms with Crippen molar-refractivity contribution < 1.29 is 49.3 Å². The number of phenols is 2.